The molecule has 1 heterocycles. The summed E-state index contributed by atoms with van der Waals surface area (Å²) in [4.78, 5) is 23.7. The molecular formula is C27H24N2O6. The minimum Gasteiger partial charge on any atom is -0.485 e. The molecular weight excluding hydrogens is 448 g/mol. The minimum absolute atomic E-state index is 0.0527. The average Bonchev–Trinajstić information content (AvgIpc) is 3.30. The monoisotopic (exact) mass is 472 g/mol. The topological polar surface area (TPSA) is 104 Å². The fourth-order valence-electron chi connectivity index (χ4n) is 3.40. The SMILES string of the molecule is Cc1ccc(C)c(Oc2cc(NC(=O)c3ccc(COc4ccccc4C)o3)cc([N+](=O)[O-])c2)c1. The Morgan fingerprint density at radius 3 is 2.49 bits per heavy atom. The van der Waals surface area contributed by atoms with Crippen LogP contribution in [0.2, 0.25) is 0 Å². The molecule has 4 rings (SSSR count). The number of hydrogen-bond acceptors (Lipinski definition) is 6. The lowest BCUT2D eigenvalue weighted by atomic mass is 10.1. The third-order valence-electron chi connectivity index (χ3n) is 5.28. The van der Waals surface area contributed by atoms with Gasteiger partial charge in [-0.1, -0.05) is 30.3 Å². The normalized spacial score (nSPS) is 10.6. The van der Waals surface area contributed by atoms with Crippen LogP contribution in [0.1, 0.15) is 33.0 Å². The Balaban J connectivity index is 1.49. The number of nitro groups is 1. The average molecular weight is 472 g/mol. The summed E-state index contributed by atoms with van der Waals surface area (Å²) in [5.41, 5.74) is 2.85. The summed E-state index contributed by atoms with van der Waals surface area (Å²) >= 11 is 0. The maximum atomic E-state index is 12.7. The number of benzene rings is 3. The summed E-state index contributed by atoms with van der Waals surface area (Å²) in [5, 5.41) is 14.1. The van der Waals surface area contributed by atoms with E-state index in [1.54, 1.807) is 6.07 Å². The number of para-hydroxylation sites is 1. The highest BCUT2D eigenvalue weighted by atomic mass is 16.6. The van der Waals surface area contributed by atoms with Crippen LogP contribution in [0.4, 0.5) is 11.4 Å². The van der Waals surface area contributed by atoms with Gasteiger partial charge in [0, 0.05) is 12.1 Å². The lowest BCUT2D eigenvalue weighted by Gasteiger charge is -2.11. The highest BCUT2D eigenvalue weighted by Gasteiger charge is 2.17. The molecule has 4 aromatic rings. The number of carbonyl (C=O) groups excluding carboxylic acids is 1. The highest BCUT2D eigenvalue weighted by molar-refractivity contribution is 6.02. The van der Waals surface area contributed by atoms with E-state index in [9.17, 15) is 14.9 Å². The number of rotatable bonds is 8. The molecule has 8 heteroatoms. The molecule has 1 amide bonds. The van der Waals surface area contributed by atoms with Crippen molar-refractivity contribution in [2.24, 2.45) is 0 Å². The smallest absolute Gasteiger partial charge is 0.291 e. The second-order valence-corrected chi connectivity index (χ2v) is 8.12. The van der Waals surface area contributed by atoms with Crippen LogP contribution >= 0.6 is 0 Å². The van der Waals surface area contributed by atoms with Crippen LogP contribution in [-0.2, 0) is 6.61 Å². The molecule has 0 unspecified atom stereocenters. The summed E-state index contributed by atoms with van der Waals surface area (Å²) in [5.74, 6) is 1.50. The molecule has 0 aliphatic rings. The highest BCUT2D eigenvalue weighted by Crippen LogP contribution is 2.32. The number of ether oxygens (including phenoxy) is 2. The number of carbonyl (C=O) groups is 1. The van der Waals surface area contributed by atoms with Crippen molar-refractivity contribution in [3.63, 3.8) is 0 Å². The van der Waals surface area contributed by atoms with Gasteiger partial charge in [-0.25, -0.2) is 0 Å². The Labute approximate surface area is 202 Å². The van der Waals surface area contributed by atoms with Crippen molar-refractivity contribution in [3.8, 4) is 17.2 Å². The van der Waals surface area contributed by atoms with E-state index in [4.69, 9.17) is 13.9 Å². The lowest BCUT2D eigenvalue weighted by Crippen LogP contribution is -2.11. The van der Waals surface area contributed by atoms with Gasteiger partial charge in [0.05, 0.1) is 16.7 Å². The number of hydrogen-bond donors (Lipinski definition) is 1. The van der Waals surface area contributed by atoms with Gasteiger partial charge in [0.15, 0.2) is 5.76 Å². The summed E-state index contributed by atoms with van der Waals surface area (Å²) in [6.45, 7) is 5.90. The van der Waals surface area contributed by atoms with E-state index in [2.05, 4.69) is 5.32 Å². The van der Waals surface area contributed by atoms with E-state index in [-0.39, 0.29) is 29.5 Å². The summed E-state index contributed by atoms with van der Waals surface area (Å²) in [7, 11) is 0. The van der Waals surface area contributed by atoms with E-state index in [1.165, 1.54) is 24.3 Å². The van der Waals surface area contributed by atoms with Crippen LogP contribution < -0.4 is 14.8 Å². The van der Waals surface area contributed by atoms with Gasteiger partial charge < -0.3 is 19.2 Å². The number of nitro benzene ring substituents is 1. The lowest BCUT2D eigenvalue weighted by molar-refractivity contribution is -0.384. The first-order valence-corrected chi connectivity index (χ1v) is 10.9. The zero-order valence-corrected chi connectivity index (χ0v) is 19.5. The van der Waals surface area contributed by atoms with E-state index >= 15 is 0 Å². The number of nitrogens with one attached hydrogen (secondary N) is 1. The number of amides is 1. The Hall–Kier alpha value is -4.59. The first-order chi connectivity index (χ1) is 16.8. The molecule has 8 nitrogen and oxygen atoms in total. The number of furan rings is 1. The number of aryl methyl sites for hydroxylation is 3. The first kappa shape index (κ1) is 23.6. The zero-order valence-electron chi connectivity index (χ0n) is 19.5. The van der Waals surface area contributed by atoms with Gasteiger partial charge >= 0.3 is 0 Å². The molecule has 0 saturated heterocycles. The molecule has 0 aliphatic carbocycles. The second-order valence-electron chi connectivity index (χ2n) is 8.12. The van der Waals surface area contributed by atoms with E-state index in [0.29, 0.717) is 11.5 Å². The summed E-state index contributed by atoms with van der Waals surface area (Å²) < 4.78 is 17.3. The fraction of sp³-hybridized carbons (Fsp3) is 0.148. The fourth-order valence-corrected chi connectivity index (χ4v) is 3.40. The van der Waals surface area contributed by atoms with E-state index in [1.807, 2.05) is 63.2 Å². The number of non-ortho nitro benzene ring substituents is 1. The molecule has 0 saturated carbocycles. The van der Waals surface area contributed by atoms with Crippen molar-refractivity contribution < 1.29 is 23.6 Å². The molecule has 0 spiro atoms. The Morgan fingerprint density at radius 2 is 1.71 bits per heavy atom. The van der Waals surface area contributed by atoms with Crippen molar-refractivity contribution in [2.45, 2.75) is 27.4 Å². The first-order valence-electron chi connectivity index (χ1n) is 10.9. The molecule has 3 aromatic carbocycles. The predicted octanol–water partition coefficient (Wildman–Crippen LogP) is 6.74. The van der Waals surface area contributed by atoms with Crippen molar-refractivity contribution in [3.05, 3.63) is 111 Å². The van der Waals surface area contributed by atoms with Gasteiger partial charge in [-0.3, -0.25) is 14.9 Å². The van der Waals surface area contributed by atoms with Crippen LogP contribution in [0, 0.1) is 30.9 Å². The molecule has 0 radical (unpaired) electrons. The van der Waals surface area contributed by atoms with Crippen molar-refractivity contribution in [2.75, 3.05) is 5.32 Å². The molecule has 0 fully saturated rings. The van der Waals surface area contributed by atoms with Crippen molar-refractivity contribution in [1.82, 2.24) is 0 Å². The van der Waals surface area contributed by atoms with Crippen LogP contribution in [0.3, 0.4) is 0 Å². The van der Waals surface area contributed by atoms with E-state index in [0.717, 1.165) is 22.4 Å². The Morgan fingerprint density at radius 1 is 0.943 bits per heavy atom. The molecule has 0 bridgehead atoms. The van der Waals surface area contributed by atoms with Gasteiger partial charge in [0.2, 0.25) is 0 Å². The minimum atomic E-state index is -0.551. The zero-order chi connectivity index (χ0) is 24.9. The molecule has 0 aliphatic heterocycles. The number of nitrogens with zero attached hydrogens (tertiary/aromatic N) is 1. The number of anilines is 1. The third kappa shape index (κ3) is 5.86. The van der Waals surface area contributed by atoms with Crippen molar-refractivity contribution >= 4 is 17.3 Å². The summed E-state index contributed by atoms with van der Waals surface area (Å²) in [6.07, 6.45) is 0. The molecule has 1 aromatic heterocycles. The second kappa shape index (κ2) is 10.1. The Bertz CT molecular complexity index is 1390. The maximum Gasteiger partial charge on any atom is 0.291 e. The van der Waals surface area contributed by atoms with Gasteiger partial charge in [0.25, 0.3) is 11.6 Å². The standard InChI is InChI=1S/C27H24N2O6/c1-17-8-9-19(3)26(12-17)35-23-14-20(13-21(15-23)29(31)32)28-27(30)25-11-10-22(34-25)16-33-24-7-5-4-6-18(24)2/h4-15H,16H2,1-3H3,(H,28,30). The molecule has 0 atom stereocenters. The molecule has 1 N–H and O–H groups in total. The maximum absolute atomic E-state index is 12.7. The van der Waals surface area contributed by atoms with Gasteiger partial charge in [0.1, 0.15) is 29.6 Å². The van der Waals surface area contributed by atoms with Crippen LogP contribution in [-0.4, -0.2) is 10.8 Å². The quantitative estimate of drug-likeness (QED) is 0.225. The van der Waals surface area contributed by atoms with Crippen LogP contribution in [0.5, 0.6) is 17.2 Å². The van der Waals surface area contributed by atoms with Gasteiger partial charge in [-0.2, -0.15) is 0 Å². The van der Waals surface area contributed by atoms with Gasteiger partial charge in [-0.15, -0.1) is 0 Å². The largest absolute Gasteiger partial charge is 0.485 e. The third-order valence-corrected chi connectivity index (χ3v) is 5.28. The van der Waals surface area contributed by atoms with E-state index < -0.39 is 10.8 Å². The van der Waals surface area contributed by atoms with Crippen molar-refractivity contribution in [1.29, 1.82) is 0 Å². The van der Waals surface area contributed by atoms with Crippen LogP contribution in [0.15, 0.2) is 77.2 Å². The van der Waals surface area contributed by atoms with Gasteiger partial charge in [-0.05, 0) is 61.7 Å². The Kier molecular flexibility index (Phi) is 6.82. The predicted molar refractivity (Wildman–Crippen MR) is 131 cm³/mol. The summed E-state index contributed by atoms with van der Waals surface area (Å²) in [6, 6.07) is 20.6. The molecule has 35 heavy (non-hydrogen) atoms. The molecule has 178 valence electrons. The van der Waals surface area contributed by atoms with Crippen LogP contribution in [0.25, 0.3) is 0 Å².